The maximum atomic E-state index is 11.7. The van der Waals surface area contributed by atoms with Crippen LogP contribution in [0.15, 0.2) is 5.16 Å². The standard InChI is InChI=1S/C10H16N2O4/c1-6-7(11-15)5-8(13)12(6)9(14)16-10(2,3)4/h6,15H,5H2,1-4H3/b11-7+/t6-/m0/s1. The van der Waals surface area contributed by atoms with Gasteiger partial charge < -0.3 is 9.94 Å². The Morgan fingerprint density at radius 1 is 1.56 bits per heavy atom. The number of nitrogens with zero attached hydrogens (tertiary/aromatic N) is 2. The maximum Gasteiger partial charge on any atom is 0.417 e. The fourth-order valence-corrected chi connectivity index (χ4v) is 1.44. The first kappa shape index (κ1) is 12.5. The molecule has 0 bridgehead atoms. The summed E-state index contributed by atoms with van der Waals surface area (Å²) in [6, 6.07) is -0.549. The Morgan fingerprint density at radius 2 is 2.12 bits per heavy atom. The predicted molar refractivity (Wildman–Crippen MR) is 56.4 cm³/mol. The fraction of sp³-hybridized carbons (Fsp3) is 0.700. The topological polar surface area (TPSA) is 79.2 Å². The monoisotopic (exact) mass is 228 g/mol. The number of ether oxygens (including phenoxy) is 1. The fourth-order valence-electron chi connectivity index (χ4n) is 1.44. The van der Waals surface area contributed by atoms with Crippen LogP contribution < -0.4 is 0 Å². The predicted octanol–water partition coefficient (Wildman–Crippen LogP) is 1.37. The van der Waals surface area contributed by atoms with Crippen LogP contribution in [0.1, 0.15) is 34.1 Å². The average molecular weight is 228 g/mol. The van der Waals surface area contributed by atoms with Crippen LogP contribution in [0.5, 0.6) is 0 Å². The normalized spacial score (nSPS) is 24.0. The molecule has 1 N–H and O–H groups in total. The molecule has 0 aromatic heterocycles. The van der Waals surface area contributed by atoms with Crippen molar-refractivity contribution in [2.45, 2.75) is 45.8 Å². The highest BCUT2D eigenvalue weighted by atomic mass is 16.6. The van der Waals surface area contributed by atoms with Gasteiger partial charge in [0.05, 0.1) is 18.2 Å². The summed E-state index contributed by atoms with van der Waals surface area (Å²) in [6.45, 7) is 6.77. The molecule has 6 nitrogen and oxygen atoms in total. The summed E-state index contributed by atoms with van der Waals surface area (Å²) in [5, 5.41) is 11.6. The van der Waals surface area contributed by atoms with E-state index in [-0.39, 0.29) is 12.1 Å². The van der Waals surface area contributed by atoms with E-state index >= 15 is 0 Å². The van der Waals surface area contributed by atoms with Gasteiger partial charge in [-0.15, -0.1) is 0 Å². The molecule has 0 radical (unpaired) electrons. The summed E-state index contributed by atoms with van der Waals surface area (Å²) in [5.74, 6) is -0.408. The highest BCUT2D eigenvalue weighted by molar-refractivity contribution is 6.15. The SMILES string of the molecule is C[C@H]1/C(=N/O)CC(=O)N1C(=O)OC(C)(C)C. The van der Waals surface area contributed by atoms with E-state index in [1.165, 1.54) is 0 Å². The lowest BCUT2D eigenvalue weighted by Gasteiger charge is -2.25. The Balaban J connectivity index is 2.81. The zero-order valence-electron chi connectivity index (χ0n) is 9.85. The van der Waals surface area contributed by atoms with Crippen LogP contribution in [-0.4, -0.2) is 39.5 Å². The lowest BCUT2D eigenvalue weighted by atomic mass is 10.2. The van der Waals surface area contributed by atoms with E-state index in [9.17, 15) is 9.59 Å². The number of amides is 2. The van der Waals surface area contributed by atoms with Crippen molar-refractivity contribution < 1.29 is 19.5 Å². The van der Waals surface area contributed by atoms with Crippen molar-refractivity contribution in [2.75, 3.05) is 0 Å². The van der Waals surface area contributed by atoms with Gasteiger partial charge in [0.1, 0.15) is 5.60 Å². The van der Waals surface area contributed by atoms with Crippen LogP contribution in [0.4, 0.5) is 4.79 Å². The number of imide groups is 1. The summed E-state index contributed by atoms with van der Waals surface area (Å²) in [7, 11) is 0. The van der Waals surface area contributed by atoms with Gasteiger partial charge in [0.15, 0.2) is 0 Å². The third-order valence-electron chi connectivity index (χ3n) is 2.19. The summed E-state index contributed by atoms with van der Waals surface area (Å²) < 4.78 is 5.08. The van der Waals surface area contributed by atoms with Crippen LogP contribution in [0.2, 0.25) is 0 Å². The van der Waals surface area contributed by atoms with E-state index in [4.69, 9.17) is 9.94 Å². The van der Waals surface area contributed by atoms with Crippen LogP contribution in [-0.2, 0) is 9.53 Å². The molecule has 1 aliphatic heterocycles. The summed E-state index contributed by atoms with van der Waals surface area (Å²) in [6.07, 6.45) is -0.750. The zero-order chi connectivity index (χ0) is 12.5. The number of carbonyl (C=O) groups is 2. The second-order valence-electron chi connectivity index (χ2n) is 4.69. The van der Waals surface area contributed by atoms with Crippen molar-refractivity contribution in [1.29, 1.82) is 0 Å². The van der Waals surface area contributed by atoms with Gasteiger partial charge in [-0.3, -0.25) is 4.79 Å². The first-order chi connectivity index (χ1) is 7.26. The lowest BCUT2D eigenvalue weighted by Crippen LogP contribution is -2.42. The third-order valence-corrected chi connectivity index (χ3v) is 2.19. The largest absolute Gasteiger partial charge is 0.443 e. The second-order valence-corrected chi connectivity index (χ2v) is 4.69. The van der Waals surface area contributed by atoms with Crippen molar-refractivity contribution in [3.05, 3.63) is 0 Å². The van der Waals surface area contributed by atoms with Gasteiger partial charge >= 0.3 is 6.09 Å². The van der Waals surface area contributed by atoms with Crippen LogP contribution >= 0.6 is 0 Å². The minimum absolute atomic E-state index is 0.0447. The average Bonchev–Trinajstić information content (AvgIpc) is 2.38. The Kier molecular flexibility index (Phi) is 3.21. The van der Waals surface area contributed by atoms with E-state index in [1.54, 1.807) is 27.7 Å². The molecule has 0 saturated carbocycles. The number of hydrogen-bond donors (Lipinski definition) is 1. The molecule has 1 aliphatic rings. The second kappa shape index (κ2) is 4.11. The van der Waals surface area contributed by atoms with Crippen LogP contribution in [0.25, 0.3) is 0 Å². The molecule has 16 heavy (non-hydrogen) atoms. The Hall–Kier alpha value is -1.59. The van der Waals surface area contributed by atoms with E-state index in [0.29, 0.717) is 0 Å². The summed E-state index contributed by atoms with van der Waals surface area (Å²) in [4.78, 5) is 24.2. The Labute approximate surface area is 93.9 Å². The smallest absolute Gasteiger partial charge is 0.417 e. The molecule has 1 atom stereocenters. The molecule has 2 amide bonds. The molecule has 6 heteroatoms. The van der Waals surface area contributed by atoms with Crippen molar-refractivity contribution in [1.82, 2.24) is 4.90 Å². The first-order valence-electron chi connectivity index (χ1n) is 5.02. The van der Waals surface area contributed by atoms with E-state index in [2.05, 4.69) is 5.16 Å². The van der Waals surface area contributed by atoms with Gasteiger partial charge in [0.25, 0.3) is 0 Å². The third kappa shape index (κ3) is 2.50. The number of oxime groups is 1. The van der Waals surface area contributed by atoms with Gasteiger partial charge in [-0.2, -0.15) is 0 Å². The first-order valence-corrected chi connectivity index (χ1v) is 5.02. The molecule has 0 aliphatic carbocycles. The van der Waals surface area contributed by atoms with Gasteiger partial charge in [0, 0.05) is 0 Å². The van der Waals surface area contributed by atoms with Gasteiger partial charge in [-0.05, 0) is 27.7 Å². The van der Waals surface area contributed by atoms with Gasteiger partial charge in [0.2, 0.25) is 5.91 Å². The lowest BCUT2D eigenvalue weighted by molar-refractivity contribution is -0.127. The highest BCUT2D eigenvalue weighted by Gasteiger charge is 2.40. The number of rotatable bonds is 0. The molecule has 0 aromatic carbocycles. The number of carbonyl (C=O) groups excluding carboxylic acids is 2. The quantitative estimate of drug-likeness (QED) is 0.501. The van der Waals surface area contributed by atoms with Crippen molar-refractivity contribution in [3.8, 4) is 0 Å². The van der Waals surface area contributed by atoms with Crippen LogP contribution in [0.3, 0.4) is 0 Å². The van der Waals surface area contributed by atoms with Crippen molar-refractivity contribution >= 4 is 17.7 Å². The highest BCUT2D eigenvalue weighted by Crippen LogP contribution is 2.20. The minimum atomic E-state index is -0.705. The molecular weight excluding hydrogens is 212 g/mol. The molecule has 0 aromatic rings. The molecule has 0 unspecified atom stereocenters. The molecule has 1 saturated heterocycles. The van der Waals surface area contributed by atoms with E-state index in [0.717, 1.165) is 4.90 Å². The Morgan fingerprint density at radius 3 is 2.50 bits per heavy atom. The number of hydrogen-bond acceptors (Lipinski definition) is 5. The summed E-state index contributed by atoms with van der Waals surface area (Å²) >= 11 is 0. The van der Waals surface area contributed by atoms with E-state index in [1.807, 2.05) is 0 Å². The molecule has 90 valence electrons. The molecular formula is C10H16N2O4. The van der Waals surface area contributed by atoms with Crippen LogP contribution in [0, 0.1) is 0 Å². The molecule has 0 spiro atoms. The van der Waals surface area contributed by atoms with Crippen molar-refractivity contribution in [3.63, 3.8) is 0 Å². The molecule has 1 heterocycles. The zero-order valence-corrected chi connectivity index (χ0v) is 9.85. The molecule has 1 fully saturated rings. The van der Waals surface area contributed by atoms with Crippen molar-refractivity contribution in [2.24, 2.45) is 5.16 Å². The summed E-state index contributed by atoms with van der Waals surface area (Å²) in [5.41, 5.74) is -0.383. The van der Waals surface area contributed by atoms with Gasteiger partial charge in [-0.25, -0.2) is 9.69 Å². The molecule has 1 rings (SSSR count). The van der Waals surface area contributed by atoms with E-state index < -0.39 is 23.6 Å². The number of likely N-dealkylation sites (tertiary alicyclic amines) is 1. The minimum Gasteiger partial charge on any atom is -0.443 e. The Bertz CT molecular complexity index is 343. The van der Waals surface area contributed by atoms with Gasteiger partial charge in [-0.1, -0.05) is 5.16 Å². The maximum absolute atomic E-state index is 11.7.